The minimum absolute atomic E-state index is 0.258. The molecule has 1 heterocycles. The zero-order valence-electron chi connectivity index (χ0n) is 15.6. The minimum Gasteiger partial charge on any atom is -0.331 e. The Balaban J connectivity index is 2.01. The maximum Gasteiger partial charge on any atom is 0.320 e. The Labute approximate surface area is 154 Å². The highest BCUT2D eigenvalue weighted by Crippen LogP contribution is 2.17. The molecule has 8 heteroatoms. The third-order valence-electron chi connectivity index (χ3n) is 4.02. The predicted octanol–water partition coefficient (Wildman–Crippen LogP) is 3.28. The van der Waals surface area contributed by atoms with Crippen LogP contribution in [0.3, 0.4) is 0 Å². The molecule has 0 bridgehead atoms. The Morgan fingerprint density at radius 3 is 2.50 bits per heavy atom. The number of hydrogen-bond donors (Lipinski definition) is 2. The number of benzene rings is 1. The summed E-state index contributed by atoms with van der Waals surface area (Å²) >= 11 is 0. The Kier molecular flexibility index (Phi) is 6.42. The van der Waals surface area contributed by atoms with E-state index < -0.39 is 9.84 Å². The van der Waals surface area contributed by atoms with Crippen LogP contribution in [0.25, 0.3) is 0 Å². The van der Waals surface area contributed by atoms with E-state index in [9.17, 15) is 13.2 Å². The van der Waals surface area contributed by atoms with Crippen LogP contribution in [0.4, 0.5) is 10.6 Å². The van der Waals surface area contributed by atoms with Gasteiger partial charge >= 0.3 is 6.03 Å². The summed E-state index contributed by atoms with van der Waals surface area (Å²) < 4.78 is 24.8. The summed E-state index contributed by atoms with van der Waals surface area (Å²) in [5.74, 6) is 0.660. The number of urea groups is 1. The second-order valence-corrected chi connectivity index (χ2v) is 8.42. The Bertz CT molecular complexity index is 857. The van der Waals surface area contributed by atoms with Crippen molar-refractivity contribution in [3.05, 3.63) is 41.6 Å². The van der Waals surface area contributed by atoms with Crippen LogP contribution in [0.15, 0.2) is 35.2 Å². The zero-order chi connectivity index (χ0) is 19.3. The molecule has 0 saturated carbocycles. The van der Waals surface area contributed by atoms with Crippen molar-refractivity contribution in [3.63, 3.8) is 0 Å². The fraction of sp³-hybridized carbons (Fsp3) is 0.444. The molecular formula is C18H26N4O3S. The van der Waals surface area contributed by atoms with E-state index in [-0.39, 0.29) is 17.0 Å². The van der Waals surface area contributed by atoms with E-state index in [0.29, 0.717) is 5.82 Å². The van der Waals surface area contributed by atoms with Gasteiger partial charge in [-0.3, -0.25) is 5.32 Å². The largest absolute Gasteiger partial charge is 0.331 e. The predicted molar refractivity (Wildman–Crippen MR) is 102 cm³/mol. The van der Waals surface area contributed by atoms with E-state index in [1.54, 1.807) is 28.9 Å². The molecule has 0 aliphatic carbocycles. The lowest BCUT2D eigenvalue weighted by atomic mass is 10.1. The minimum atomic E-state index is -3.23. The van der Waals surface area contributed by atoms with Crippen molar-refractivity contribution in [1.29, 1.82) is 0 Å². The summed E-state index contributed by atoms with van der Waals surface area (Å²) in [6.45, 7) is 6.58. The monoisotopic (exact) mass is 378 g/mol. The second-order valence-electron chi connectivity index (χ2n) is 6.41. The number of amides is 2. The first-order valence-electron chi connectivity index (χ1n) is 8.62. The number of sulfone groups is 1. The average molecular weight is 378 g/mol. The number of carbonyl (C=O) groups excluding carboxylic acids is 1. The van der Waals surface area contributed by atoms with Gasteiger partial charge in [-0.2, -0.15) is 5.10 Å². The quantitative estimate of drug-likeness (QED) is 0.773. The molecule has 0 aliphatic rings. The van der Waals surface area contributed by atoms with Crippen molar-refractivity contribution < 1.29 is 13.2 Å². The third-order valence-corrected chi connectivity index (χ3v) is 5.15. The first kappa shape index (κ1) is 20.0. The van der Waals surface area contributed by atoms with Gasteiger partial charge in [-0.05, 0) is 38.0 Å². The highest BCUT2D eigenvalue weighted by atomic mass is 32.2. The number of unbranched alkanes of at least 4 members (excludes halogenated alkanes) is 1. The molecule has 142 valence electrons. The SMILES string of the molecule is CCCCn1nc(C)cc1NC(=O)N[C@@H](C)c1ccc(S(C)(=O)=O)cc1. The number of aryl methyl sites for hydroxylation is 2. The summed E-state index contributed by atoms with van der Waals surface area (Å²) in [6.07, 6.45) is 3.20. The molecule has 0 fully saturated rings. The molecule has 26 heavy (non-hydrogen) atoms. The third kappa shape index (κ3) is 5.32. The van der Waals surface area contributed by atoms with Crippen molar-refractivity contribution in [2.45, 2.75) is 51.1 Å². The molecule has 0 saturated heterocycles. The molecule has 2 N–H and O–H groups in total. The Hall–Kier alpha value is -2.35. The van der Waals surface area contributed by atoms with Crippen molar-refractivity contribution >= 4 is 21.7 Å². The first-order valence-corrected chi connectivity index (χ1v) is 10.5. The van der Waals surface area contributed by atoms with E-state index in [4.69, 9.17) is 0 Å². The molecule has 7 nitrogen and oxygen atoms in total. The van der Waals surface area contributed by atoms with E-state index >= 15 is 0 Å². The number of anilines is 1. The molecule has 0 unspecified atom stereocenters. The van der Waals surface area contributed by atoms with E-state index in [0.717, 1.165) is 30.6 Å². The van der Waals surface area contributed by atoms with Gasteiger partial charge in [-0.1, -0.05) is 25.5 Å². The Morgan fingerprint density at radius 1 is 1.27 bits per heavy atom. The van der Waals surface area contributed by atoms with Crippen molar-refractivity contribution in [2.24, 2.45) is 0 Å². The molecule has 2 aromatic rings. The average Bonchev–Trinajstić information content (AvgIpc) is 2.91. The van der Waals surface area contributed by atoms with Crippen LogP contribution in [0, 0.1) is 6.92 Å². The molecule has 0 aliphatic heterocycles. The number of carbonyl (C=O) groups is 1. The van der Waals surface area contributed by atoms with E-state index in [2.05, 4.69) is 22.7 Å². The summed E-state index contributed by atoms with van der Waals surface area (Å²) in [6, 6.07) is 7.74. The van der Waals surface area contributed by atoms with E-state index in [1.165, 1.54) is 6.26 Å². The van der Waals surface area contributed by atoms with Crippen LogP contribution in [-0.2, 0) is 16.4 Å². The second kappa shape index (κ2) is 8.35. The lowest BCUT2D eigenvalue weighted by Crippen LogP contribution is -2.32. The van der Waals surface area contributed by atoms with Gasteiger partial charge in [-0.15, -0.1) is 0 Å². The maximum absolute atomic E-state index is 12.3. The van der Waals surface area contributed by atoms with Crippen LogP contribution >= 0.6 is 0 Å². The standard InChI is InChI=1S/C18H26N4O3S/c1-5-6-11-22-17(12-13(2)21-22)20-18(23)19-14(3)15-7-9-16(10-8-15)26(4,24)25/h7-10,12,14H,5-6,11H2,1-4H3,(H2,19,20,23)/t14-/m0/s1. The van der Waals surface area contributed by atoms with Gasteiger partial charge in [0.1, 0.15) is 5.82 Å². The molecule has 1 atom stereocenters. The topological polar surface area (TPSA) is 93.1 Å². The number of nitrogens with one attached hydrogen (secondary N) is 2. The van der Waals surface area contributed by atoms with Gasteiger partial charge < -0.3 is 5.32 Å². The normalized spacial score (nSPS) is 12.6. The summed E-state index contributed by atoms with van der Waals surface area (Å²) in [7, 11) is -3.23. The van der Waals surface area contributed by atoms with Crippen LogP contribution in [0.2, 0.25) is 0 Å². The lowest BCUT2D eigenvalue weighted by Gasteiger charge is -2.16. The molecular weight excluding hydrogens is 352 g/mol. The maximum atomic E-state index is 12.3. The fourth-order valence-electron chi connectivity index (χ4n) is 2.56. The van der Waals surface area contributed by atoms with Crippen LogP contribution in [0.5, 0.6) is 0 Å². The van der Waals surface area contributed by atoms with Gasteiger partial charge in [0.05, 0.1) is 16.6 Å². The smallest absolute Gasteiger partial charge is 0.320 e. The highest BCUT2D eigenvalue weighted by Gasteiger charge is 2.14. The zero-order valence-corrected chi connectivity index (χ0v) is 16.4. The lowest BCUT2D eigenvalue weighted by molar-refractivity contribution is 0.249. The number of rotatable bonds is 7. The molecule has 0 spiro atoms. The fourth-order valence-corrected chi connectivity index (χ4v) is 3.19. The van der Waals surface area contributed by atoms with Crippen LogP contribution in [-0.4, -0.2) is 30.5 Å². The van der Waals surface area contributed by atoms with Gasteiger partial charge in [0.15, 0.2) is 9.84 Å². The van der Waals surface area contributed by atoms with Crippen LogP contribution < -0.4 is 10.6 Å². The van der Waals surface area contributed by atoms with Gasteiger partial charge in [0, 0.05) is 18.9 Å². The highest BCUT2D eigenvalue weighted by molar-refractivity contribution is 7.90. The van der Waals surface area contributed by atoms with Gasteiger partial charge in [0.2, 0.25) is 0 Å². The molecule has 0 radical (unpaired) electrons. The molecule has 2 rings (SSSR count). The molecule has 1 aromatic heterocycles. The number of nitrogens with zero attached hydrogens (tertiary/aromatic N) is 2. The van der Waals surface area contributed by atoms with Gasteiger partial charge in [-0.25, -0.2) is 17.9 Å². The van der Waals surface area contributed by atoms with Crippen molar-refractivity contribution in [3.8, 4) is 0 Å². The van der Waals surface area contributed by atoms with Crippen molar-refractivity contribution in [1.82, 2.24) is 15.1 Å². The summed E-state index contributed by atoms with van der Waals surface area (Å²) in [5, 5.41) is 10.1. The van der Waals surface area contributed by atoms with Crippen molar-refractivity contribution in [2.75, 3.05) is 11.6 Å². The van der Waals surface area contributed by atoms with Crippen LogP contribution in [0.1, 0.15) is 44.0 Å². The molecule has 1 aromatic carbocycles. The summed E-state index contributed by atoms with van der Waals surface area (Å²) in [4.78, 5) is 12.6. The van der Waals surface area contributed by atoms with Gasteiger partial charge in [0.25, 0.3) is 0 Å². The summed E-state index contributed by atoms with van der Waals surface area (Å²) in [5.41, 5.74) is 1.67. The Morgan fingerprint density at radius 2 is 1.92 bits per heavy atom. The van der Waals surface area contributed by atoms with E-state index in [1.807, 2.05) is 19.9 Å². The number of aromatic nitrogens is 2. The first-order chi connectivity index (χ1) is 12.2. The molecule has 2 amide bonds. The number of hydrogen-bond acceptors (Lipinski definition) is 4.